The Hall–Kier alpha value is -1.78. The Balaban J connectivity index is 1.77. The highest BCUT2D eigenvalue weighted by Gasteiger charge is 2.34. The topological polar surface area (TPSA) is 45.7 Å². The summed E-state index contributed by atoms with van der Waals surface area (Å²) < 4.78 is 5.59. The van der Waals surface area contributed by atoms with Gasteiger partial charge in [-0.15, -0.1) is 0 Å². The van der Waals surface area contributed by atoms with E-state index >= 15 is 0 Å². The lowest BCUT2D eigenvalue weighted by Gasteiger charge is -2.31. The molecule has 5 nitrogen and oxygen atoms in total. The molecule has 2 aliphatic rings. The first kappa shape index (κ1) is 18.0. The van der Waals surface area contributed by atoms with E-state index in [-0.39, 0.29) is 12.1 Å². The molecule has 0 radical (unpaired) electrons. The Morgan fingerprint density at radius 3 is 2.52 bits per heavy atom. The Kier molecular flexibility index (Phi) is 5.21. The van der Waals surface area contributed by atoms with Crippen LogP contribution in [0.1, 0.15) is 70.0 Å². The van der Waals surface area contributed by atoms with Crippen LogP contribution in [-0.2, 0) is 4.74 Å². The minimum atomic E-state index is -0.463. The number of piperidine rings is 1. The van der Waals surface area contributed by atoms with E-state index in [1.165, 1.54) is 24.8 Å². The van der Waals surface area contributed by atoms with Crippen LogP contribution in [0.4, 0.5) is 10.6 Å². The summed E-state index contributed by atoms with van der Waals surface area (Å²) in [5.74, 6) is 1.07. The molecule has 0 aliphatic carbocycles. The molecule has 2 fully saturated rings. The zero-order chi connectivity index (χ0) is 18.0. The molecule has 0 spiro atoms. The van der Waals surface area contributed by atoms with Crippen molar-refractivity contribution in [3.63, 3.8) is 0 Å². The molecule has 0 N–H and O–H groups in total. The van der Waals surface area contributed by atoms with Gasteiger partial charge in [-0.05, 0) is 77.0 Å². The number of hydrogen-bond donors (Lipinski definition) is 0. The van der Waals surface area contributed by atoms with Crippen molar-refractivity contribution in [3.8, 4) is 0 Å². The number of carbonyl (C=O) groups is 1. The smallest absolute Gasteiger partial charge is 0.410 e. The number of likely N-dealkylation sites (tertiary alicyclic amines) is 1. The molecule has 3 rings (SSSR count). The third kappa shape index (κ3) is 4.25. The van der Waals surface area contributed by atoms with Crippen molar-refractivity contribution >= 4 is 11.9 Å². The highest BCUT2D eigenvalue weighted by atomic mass is 16.6. The molecule has 0 bridgehead atoms. The molecule has 25 heavy (non-hydrogen) atoms. The minimum absolute atomic E-state index is 0.0813. The zero-order valence-corrected chi connectivity index (χ0v) is 16.0. The number of aryl methyl sites for hydroxylation is 1. The SMILES string of the molecule is Cc1cc(N2CCCCC2)ncc1[C@H]1CCCN1C(=O)OC(C)(C)C. The molecule has 0 saturated carbocycles. The van der Waals surface area contributed by atoms with E-state index in [0.717, 1.165) is 43.9 Å². The van der Waals surface area contributed by atoms with Crippen molar-refractivity contribution in [1.82, 2.24) is 9.88 Å². The fraction of sp³-hybridized carbons (Fsp3) is 0.700. The van der Waals surface area contributed by atoms with Gasteiger partial charge in [0.25, 0.3) is 0 Å². The minimum Gasteiger partial charge on any atom is -0.444 e. The number of carbonyl (C=O) groups excluding carboxylic acids is 1. The van der Waals surface area contributed by atoms with E-state index in [1.807, 2.05) is 31.9 Å². The van der Waals surface area contributed by atoms with Gasteiger partial charge in [0.2, 0.25) is 0 Å². The molecule has 1 aromatic rings. The molecule has 0 unspecified atom stereocenters. The maximum absolute atomic E-state index is 12.5. The number of nitrogens with zero attached hydrogens (tertiary/aromatic N) is 3. The standard InChI is InChI=1S/C20H31N3O2/c1-15-13-18(22-10-6-5-7-11-22)21-14-16(15)17-9-8-12-23(17)19(24)25-20(2,3)4/h13-14,17H,5-12H2,1-4H3/t17-/m1/s1. The molecule has 0 aromatic carbocycles. The predicted molar refractivity (Wildman–Crippen MR) is 100.0 cm³/mol. The molecule has 1 atom stereocenters. The first-order valence-electron chi connectivity index (χ1n) is 9.56. The summed E-state index contributed by atoms with van der Waals surface area (Å²) in [4.78, 5) is 21.5. The number of rotatable bonds is 2. The second kappa shape index (κ2) is 7.22. The summed E-state index contributed by atoms with van der Waals surface area (Å²) >= 11 is 0. The van der Waals surface area contributed by atoms with Crippen molar-refractivity contribution in [1.29, 1.82) is 0 Å². The normalized spacial score (nSPS) is 21.5. The average Bonchev–Trinajstić information content (AvgIpc) is 3.03. The first-order chi connectivity index (χ1) is 11.8. The fourth-order valence-corrected chi connectivity index (χ4v) is 3.83. The van der Waals surface area contributed by atoms with Crippen molar-refractivity contribution in [2.24, 2.45) is 0 Å². The number of hydrogen-bond acceptors (Lipinski definition) is 4. The van der Waals surface area contributed by atoms with Gasteiger partial charge in [-0.2, -0.15) is 0 Å². The average molecular weight is 345 g/mol. The van der Waals surface area contributed by atoms with Crippen molar-refractivity contribution in [2.45, 2.75) is 71.4 Å². The summed E-state index contributed by atoms with van der Waals surface area (Å²) in [7, 11) is 0. The van der Waals surface area contributed by atoms with Crippen LogP contribution in [0.25, 0.3) is 0 Å². The summed E-state index contributed by atoms with van der Waals surface area (Å²) in [5, 5.41) is 0. The van der Waals surface area contributed by atoms with E-state index in [1.54, 1.807) is 0 Å². The van der Waals surface area contributed by atoms with Gasteiger partial charge in [-0.3, -0.25) is 0 Å². The molecule has 1 amide bonds. The van der Waals surface area contributed by atoms with Gasteiger partial charge in [0.1, 0.15) is 11.4 Å². The van der Waals surface area contributed by atoms with Crippen LogP contribution >= 0.6 is 0 Å². The third-order valence-electron chi connectivity index (χ3n) is 5.06. The monoisotopic (exact) mass is 345 g/mol. The third-order valence-corrected chi connectivity index (χ3v) is 5.06. The second-order valence-corrected chi connectivity index (χ2v) is 8.28. The second-order valence-electron chi connectivity index (χ2n) is 8.28. The summed E-state index contributed by atoms with van der Waals surface area (Å²) in [6, 6.07) is 2.27. The fourth-order valence-electron chi connectivity index (χ4n) is 3.83. The van der Waals surface area contributed by atoms with Gasteiger partial charge >= 0.3 is 6.09 Å². The number of anilines is 1. The summed E-state index contributed by atoms with van der Waals surface area (Å²) in [6.07, 6.45) is 7.57. The molecule has 1 aromatic heterocycles. The lowest BCUT2D eigenvalue weighted by Crippen LogP contribution is -2.36. The molecule has 138 valence electrons. The van der Waals surface area contributed by atoms with Gasteiger partial charge in [0.05, 0.1) is 6.04 Å². The quantitative estimate of drug-likeness (QED) is 0.794. The number of amides is 1. The number of aromatic nitrogens is 1. The van der Waals surface area contributed by atoms with Crippen LogP contribution in [0.2, 0.25) is 0 Å². The largest absolute Gasteiger partial charge is 0.444 e. The van der Waals surface area contributed by atoms with Crippen LogP contribution in [-0.4, -0.2) is 41.2 Å². The highest BCUT2D eigenvalue weighted by molar-refractivity contribution is 5.69. The van der Waals surface area contributed by atoms with Gasteiger partial charge in [0.15, 0.2) is 0 Å². The Labute approximate surface area is 151 Å². The summed E-state index contributed by atoms with van der Waals surface area (Å²) in [5.41, 5.74) is 1.91. The maximum Gasteiger partial charge on any atom is 0.410 e. The predicted octanol–water partition coefficient (Wildman–Crippen LogP) is 4.45. The van der Waals surface area contributed by atoms with Crippen LogP contribution < -0.4 is 4.90 Å². The zero-order valence-electron chi connectivity index (χ0n) is 16.0. The molecule has 2 saturated heterocycles. The van der Waals surface area contributed by atoms with Crippen molar-refractivity contribution < 1.29 is 9.53 Å². The molecule has 5 heteroatoms. The maximum atomic E-state index is 12.5. The Morgan fingerprint density at radius 1 is 1.16 bits per heavy atom. The lowest BCUT2D eigenvalue weighted by molar-refractivity contribution is 0.0224. The van der Waals surface area contributed by atoms with E-state index in [9.17, 15) is 4.79 Å². The van der Waals surface area contributed by atoms with Gasteiger partial charge in [-0.25, -0.2) is 9.78 Å². The summed E-state index contributed by atoms with van der Waals surface area (Å²) in [6.45, 7) is 10.8. The van der Waals surface area contributed by atoms with Crippen LogP contribution in [0.15, 0.2) is 12.3 Å². The van der Waals surface area contributed by atoms with Gasteiger partial charge in [-0.1, -0.05) is 0 Å². The van der Waals surface area contributed by atoms with Crippen molar-refractivity contribution in [2.75, 3.05) is 24.5 Å². The van der Waals surface area contributed by atoms with Crippen LogP contribution in [0.3, 0.4) is 0 Å². The van der Waals surface area contributed by atoms with Crippen molar-refractivity contribution in [3.05, 3.63) is 23.4 Å². The van der Waals surface area contributed by atoms with Gasteiger partial charge in [0, 0.05) is 25.8 Å². The van der Waals surface area contributed by atoms with Gasteiger partial charge < -0.3 is 14.5 Å². The van der Waals surface area contributed by atoms with E-state index < -0.39 is 5.60 Å². The molecule has 2 aliphatic heterocycles. The Bertz CT molecular complexity index is 618. The molecular formula is C20H31N3O2. The van der Waals surface area contributed by atoms with Crippen LogP contribution in [0, 0.1) is 6.92 Å². The molecular weight excluding hydrogens is 314 g/mol. The van der Waals surface area contributed by atoms with E-state index in [0.29, 0.717) is 0 Å². The van der Waals surface area contributed by atoms with Crippen LogP contribution in [0.5, 0.6) is 0 Å². The van der Waals surface area contributed by atoms with E-state index in [2.05, 4.69) is 17.9 Å². The van der Waals surface area contributed by atoms with E-state index in [4.69, 9.17) is 9.72 Å². The molecule has 3 heterocycles. The lowest BCUT2D eigenvalue weighted by atomic mass is 10.0. The first-order valence-corrected chi connectivity index (χ1v) is 9.56. The number of pyridine rings is 1. The Morgan fingerprint density at radius 2 is 1.88 bits per heavy atom. The highest BCUT2D eigenvalue weighted by Crippen LogP contribution is 2.35. The number of ether oxygens (including phenoxy) is 1.